The number of hydrogen-bond acceptors (Lipinski definition) is 6. The Morgan fingerprint density at radius 1 is 0.706 bits per heavy atom. The summed E-state index contributed by atoms with van der Waals surface area (Å²) in [5, 5.41) is 4.33. The summed E-state index contributed by atoms with van der Waals surface area (Å²) in [7, 11) is -3.87. The fraction of sp³-hybridized carbons (Fsp3) is 0. The van der Waals surface area contributed by atoms with Crippen LogP contribution in [0.3, 0.4) is 0 Å². The summed E-state index contributed by atoms with van der Waals surface area (Å²) >= 11 is 1.06. The van der Waals surface area contributed by atoms with Gasteiger partial charge in [0.1, 0.15) is 4.21 Å². The van der Waals surface area contributed by atoms with Crippen molar-refractivity contribution in [3.8, 4) is 0 Å². The molecule has 0 spiro atoms. The van der Waals surface area contributed by atoms with Crippen molar-refractivity contribution >= 4 is 50.2 Å². The molecule has 0 unspecified atom stereocenters. The van der Waals surface area contributed by atoms with Gasteiger partial charge in [-0.1, -0.05) is 54.6 Å². The van der Waals surface area contributed by atoms with E-state index in [2.05, 4.69) is 10.0 Å². The third-order valence-corrected chi connectivity index (χ3v) is 8.14. The molecule has 0 atom stereocenters. The predicted octanol–water partition coefficient (Wildman–Crippen LogP) is 4.58. The average Bonchev–Trinajstić information content (AvgIpc) is 3.39. The second kappa shape index (κ2) is 8.36. The van der Waals surface area contributed by atoms with Crippen LogP contribution in [0.2, 0.25) is 0 Å². The highest BCUT2D eigenvalue weighted by Crippen LogP contribution is 2.32. The molecule has 1 aliphatic rings. The number of para-hydroxylation sites is 1. The normalized spacial score (nSPS) is 12.6. The summed E-state index contributed by atoms with van der Waals surface area (Å²) in [4.78, 5) is 39.3. The number of fused-ring (bicyclic) bond motifs is 2. The monoisotopic (exact) mass is 488 g/mol. The van der Waals surface area contributed by atoms with Gasteiger partial charge in [-0.05, 0) is 29.6 Å². The minimum absolute atomic E-state index is 0.0650. The molecule has 0 aliphatic heterocycles. The summed E-state index contributed by atoms with van der Waals surface area (Å²) in [6.07, 6.45) is 0. The third kappa shape index (κ3) is 3.70. The number of amides is 1. The molecular formula is C25H16N2O5S2. The lowest BCUT2D eigenvalue weighted by Crippen LogP contribution is -2.24. The van der Waals surface area contributed by atoms with Crippen molar-refractivity contribution < 1.29 is 22.8 Å². The van der Waals surface area contributed by atoms with E-state index in [-0.39, 0.29) is 49.4 Å². The van der Waals surface area contributed by atoms with Crippen molar-refractivity contribution in [1.29, 1.82) is 0 Å². The molecule has 1 aliphatic carbocycles. The lowest BCUT2D eigenvalue weighted by atomic mass is 9.83. The van der Waals surface area contributed by atoms with E-state index in [0.717, 1.165) is 11.3 Å². The van der Waals surface area contributed by atoms with Crippen molar-refractivity contribution in [1.82, 2.24) is 0 Å². The summed E-state index contributed by atoms with van der Waals surface area (Å²) in [6.45, 7) is 0. The van der Waals surface area contributed by atoms with Gasteiger partial charge in [0.15, 0.2) is 11.6 Å². The number of hydrogen-bond donors (Lipinski definition) is 2. The van der Waals surface area contributed by atoms with Crippen LogP contribution in [-0.4, -0.2) is 25.9 Å². The van der Waals surface area contributed by atoms with Crippen molar-refractivity contribution in [2.24, 2.45) is 0 Å². The number of carbonyl (C=O) groups excluding carboxylic acids is 3. The van der Waals surface area contributed by atoms with Crippen LogP contribution in [0, 0.1) is 0 Å². The van der Waals surface area contributed by atoms with Crippen molar-refractivity contribution in [2.75, 3.05) is 10.0 Å². The van der Waals surface area contributed by atoms with Gasteiger partial charge in [-0.25, -0.2) is 8.42 Å². The zero-order valence-corrected chi connectivity index (χ0v) is 19.1. The molecule has 2 N–H and O–H groups in total. The molecule has 0 saturated heterocycles. The zero-order valence-electron chi connectivity index (χ0n) is 17.4. The van der Waals surface area contributed by atoms with Gasteiger partial charge in [0, 0.05) is 16.7 Å². The van der Waals surface area contributed by atoms with Crippen molar-refractivity contribution in [2.45, 2.75) is 4.21 Å². The van der Waals surface area contributed by atoms with E-state index < -0.39 is 15.9 Å². The highest BCUT2D eigenvalue weighted by atomic mass is 32.2. The molecule has 5 rings (SSSR count). The van der Waals surface area contributed by atoms with Gasteiger partial charge in [-0.2, -0.15) is 0 Å². The third-order valence-electron chi connectivity index (χ3n) is 5.38. The number of benzene rings is 3. The fourth-order valence-corrected chi connectivity index (χ4v) is 5.89. The largest absolute Gasteiger partial charge is 0.321 e. The van der Waals surface area contributed by atoms with E-state index in [9.17, 15) is 22.8 Å². The van der Waals surface area contributed by atoms with E-state index in [4.69, 9.17) is 0 Å². The van der Waals surface area contributed by atoms with Gasteiger partial charge in [-0.15, -0.1) is 11.3 Å². The smallest absolute Gasteiger partial charge is 0.271 e. The van der Waals surface area contributed by atoms with Crippen LogP contribution in [0.25, 0.3) is 0 Å². The quantitative estimate of drug-likeness (QED) is 0.376. The van der Waals surface area contributed by atoms with E-state index in [1.807, 2.05) is 0 Å². The maximum absolute atomic E-state index is 13.2. The summed E-state index contributed by atoms with van der Waals surface area (Å²) in [6, 6.07) is 20.4. The molecular weight excluding hydrogens is 472 g/mol. The van der Waals surface area contributed by atoms with Crippen LogP contribution in [0.5, 0.6) is 0 Å². The molecule has 34 heavy (non-hydrogen) atoms. The van der Waals surface area contributed by atoms with Gasteiger partial charge in [0.2, 0.25) is 0 Å². The number of sulfonamides is 1. The Labute approximate surface area is 199 Å². The van der Waals surface area contributed by atoms with E-state index in [1.165, 1.54) is 24.3 Å². The van der Waals surface area contributed by atoms with E-state index >= 15 is 0 Å². The Morgan fingerprint density at radius 3 is 2.09 bits per heavy atom. The van der Waals surface area contributed by atoms with Gasteiger partial charge < -0.3 is 5.32 Å². The second-order valence-corrected chi connectivity index (χ2v) is 10.3. The maximum Gasteiger partial charge on any atom is 0.271 e. The Hall–Kier alpha value is -4.08. The van der Waals surface area contributed by atoms with Crippen LogP contribution in [0.15, 0.2) is 88.5 Å². The van der Waals surface area contributed by atoms with Crippen LogP contribution < -0.4 is 10.0 Å². The minimum Gasteiger partial charge on any atom is -0.321 e. The number of thiophene rings is 1. The highest BCUT2D eigenvalue weighted by molar-refractivity contribution is 7.94. The van der Waals surface area contributed by atoms with Crippen LogP contribution in [0.1, 0.15) is 42.2 Å². The van der Waals surface area contributed by atoms with Gasteiger partial charge in [-0.3, -0.25) is 19.1 Å². The Morgan fingerprint density at radius 2 is 1.35 bits per heavy atom. The standard InChI is InChI=1S/C25H16N2O5S2/c28-23-15-7-1-2-8-16(15)24(29)22-18(23)10-5-12-20(22)26-25(30)17-9-3-4-11-19(17)27-34(31,32)21-13-6-14-33-21/h1-14,27H,(H,26,30). The predicted molar refractivity (Wildman–Crippen MR) is 129 cm³/mol. The SMILES string of the molecule is O=C(Nc1cccc2c1C(=O)c1ccccc1C2=O)c1ccccc1NS(=O)(=O)c1cccs1. The molecule has 1 amide bonds. The molecule has 3 aromatic carbocycles. The van der Waals surface area contributed by atoms with Gasteiger partial charge in [0.25, 0.3) is 15.9 Å². The molecule has 0 fully saturated rings. The average molecular weight is 489 g/mol. The molecule has 1 heterocycles. The summed E-state index contributed by atoms with van der Waals surface area (Å²) in [5.74, 6) is -1.30. The van der Waals surface area contributed by atoms with Crippen molar-refractivity contribution in [3.63, 3.8) is 0 Å². The van der Waals surface area contributed by atoms with E-state index in [0.29, 0.717) is 5.56 Å². The molecule has 168 valence electrons. The Balaban J connectivity index is 1.50. The number of anilines is 2. The molecule has 0 bridgehead atoms. The number of carbonyl (C=O) groups is 3. The highest BCUT2D eigenvalue weighted by Gasteiger charge is 2.32. The second-order valence-electron chi connectivity index (χ2n) is 7.47. The zero-order chi connectivity index (χ0) is 23.9. The number of nitrogens with one attached hydrogen (secondary N) is 2. The fourth-order valence-electron chi connectivity index (χ4n) is 3.82. The topological polar surface area (TPSA) is 109 Å². The Kier molecular flexibility index (Phi) is 5.35. The first-order valence-corrected chi connectivity index (χ1v) is 12.5. The molecule has 9 heteroatoms. The molecule has 1 aromatic heterocycles. The van der Waals surface area contributed by atoms with Gasteiger partial charge in [0.05, 0.1) is 22.5 Å². The molecule has 0 radical (unpaired) electrons. The first-order valence-electron chi connectivity index (χ1n) is 10.1. The van der Waals surface area contributed by atoms with Crippen LogP contribution >= 0.6 is 11.3 Å². The summed E-state index contributed by atoms with van der Waals surface area (Å²) in [5.41, 5.74) is 1.22. The molecule has 0 saturated carbocycles. The van der Waals surface area contributed by atoms with Crippen LogP contribution in [0.4, 0.5) is 11.4 Å². The van der Waals surface area contributed by atoms with Crippen LogP contribution in [-0.2, 0) is 10.0 Å². The molecule has 4 aromatic rings. The first-order chi connectivity index (χ1) is 16.4. The lowest BCUT2D eigenvalue weighted by molar-refractivity contribution is 0.0978. The lowest BCUT2D eigenvalue weighted by Gasteiger charge is -2.20. The Bertz CT molecular complexity index is 1570. The number of ketones is 2. The summed E-state index contributed by atoms with van der Waals surface area (Å²) < 4.78 is 27.9. The minimum atomic E-state index is -3.87. The van der Waals surface area contributed by atoms with E-state index in [1.54, 1.807) is 60.0 Å². The maximum atomic E-state index is 13.2. The first kappa shape index (κ1) is 21.7. The van der Waals surface area contributed by atoms with Crippen molar-refractivity contribution in [3.05, 3.63) is 112 Å². The van der Waals surface area contributed by atoms with Gasteiger partial charge >= 0.3 is 0 Å². The molecule has 7 nitrogen and oxygen atoms in total. The number of rotatable bonds is 5.